The second kappa shape index (κ2) is 5.05. The summed E-state index contributed by atoms with van der Waals surface area (Å²) >= 11 is 1.42. The summed E-state index contributed by atoms with van der Waals surface area (Å²) in [5.74, 6) is -1.82. The average Bonchev–Trinajstić information content (AvgIpc) is 2.74. The summed E-state index contributed by atoms with van der Waals surface area (Å²) in [6, 6.07) is 0.0212. The summed E-state index contributed by atoms with van der Waals surface area (Å²) in [6.45, 7) is 2.46. The van der Waals surface area contributed by atoms with Crippen LogP contribution in [0.1, 0.15) is 26.2 Å². The average molecular weight is 298 g/mol. The smallest absolute Gasteiger partial charge is 0.353 e. The van der Waals surface area contributed by atoms with Gasteiger partial charge in [-0.25, -0.2) is 4.79 Å². The Morgan fingerprint density at radius 1 is 1.50 bits per heavy atom. The van der Waals surface area contributed by atoms with Gasteiger partial charge in [0.05, 0.1) is 12.0 Å². The largest absolute Gasteiger partial charge is 0.477 e. The molecule has 0 spiro atoms. The molecule has 6 nitrogen and oxygen atoms in total. The molecule has 7 heteroatoms. The normalized spacial score (nSPS) is 34.8. The van der Waals surface area contributed by atoms with Crippen LogP contribution < -0.4 is 5.32 Å². The molecule has 2 saturated heterocycles. The summed E-state index contributed by atoms with van der Waals surface area (Å²) < 4.78 is 0. The molecule has 110 valence electrons. The van der Waals surface area contributed by atoms with E-state index in [2.05, 4.69) is 5.32 Å². The Morgan fingerprint density at radius 3 is 2.80 bits per heavy atom. The number of hydrogen-bond donors (Lipinski definition) is 3. The predicted molar refractivity (Wildman–Crippen MR) is 73.7 cm³/mol. The number of β-lactam (4-membered cyclic amide) rings is 1. The minimum atomic E-state index is -1.06. The number of amides is 1. The van der Waals surface area contributed by atoms with Gasteiger partial charge < -0.3 is 15.5 Å². The summed E-state index contributed by atoms with van der Waals surface area (Å²) in [6.07, 6.45) is 2.31. The highest BCUT2D eigenvalue weighted by Crippen LogP contribution is 2.51. The number of nitrogens with one attached hydrogen (secondary N) is 1. The molecular formula is C13H18N2O4S. The number of carbonyl (C=O) groups excluding carboxylic acids is 1. The Hall–Kier alpha value is -1.05. The van der Waals surface area contributed by atoms with Crippen molar-refractivity contribution in [3.8, 4) is 0 Å². The van der Waals surface area contributed by atoms with E-state index < -0.39 is 18.0 Å². The predicted octanol–water partition coefficient (Wildman–Crippen LogP) is 0.337. The fourth-order valence-corrected chi connectivity index (χ4v) is 4.86. The SMILES string of the molecule is CC(O)C1C(=O)N2C(C(=O)O)=C(C3CCCCN3)S[C@@H]12. The zero-order valence-electron chi connectivity index (χ0n) is 11.2. The second-order valence-electron chi connectivity index (χ2n) is 5.50. The Balaban J connectivity index is 1.89. The van der Waals surface area contributed by atoms with E-state index in [-0.39, 0.29) is 23.0 Å². The molecule has 1 amide bonds. The van der Waals surface area contributed by atoms with Crippen molar-refractivity contribution in [2.45, 2.75) is 43.7 Å². The van der Waals surface area contributed by atoms with Crippen LogP contribution in [0.2, 0.25) is 0 Å². The van der Waals surface area contributed by atoms with Crippen LogP contribution in [0.4, 0.5) is 0 Å². The summed E-state index contributed by atoms with van der Waals surface area (Å²) in [7, 11) is 0. The van der Waals surface area contributed by atoms with Crippen LogP contribution in [0.25, 0.3) is 0 Å². The third-order valence-electron chi connectivity index (χ3n) is 4.16. The molecule has 3 rings (SSSR count). The number of thioether (sulfide) groups is 1. The molecule has 0 aromatic rings. The third-order valence-corrected chi connectivity index (χ3v) is 5.63. The first-order valence-corrected chi connectivity index (χ1v) is 7.79. The van der Waals surface area contributed by atoms with Crippen molar-refractivity contribution in [1.29, 1.82) is 0 Å². The van der Waals surface area contributed by atoms with Crippen molar-refractivity contribution >= 4 is 23.6 Å². The summed E-state index contributed by atoms with van der Waals surface area (Å²) in [4.78, 5) is 25.7. The van der Waals surface area contributed by atoms with Crippen LogP contribution in [-0.2, 0) is 9.59 Å². The third kappa shape index (κ3) is 1.96. The quantitative estimate of drug-likeness (QED) is 0.651. The van der Waals surface area contributed by atoms with Gasteiger partial charge in [-0.3, -0.25) is 9.69 Å². The first-order valence-electron chi connectivity index (χ1n) is 6.91. The van der Waals surface area contributed by atoms with Crippen molar-refractivity contribution in [1.82, 2.24) is 10.2 Å². The molecule has 3 aliphatic rings. The van der Waals surface area contributed by atoms with Crippen molar-refractivity contribution in [3.05, 3.63) is 10.6 Å². The minimum Gasteiger partial charge on any atom is -0.477 e. The highest BCUT2D eigenvalue weighted by molar-refractivity contribution is 8.04. The number of hydrogen-bond acceptors (Lipinski definition) is 5. The lowest BCUT2D eigenvalue weighted by Crippen LogP contribution is -2.60. The molecule has 3 unspecified atom stereocenters. The van der Waals surface area contributed by atoms with Gasteiger partial charge in [0.25, 0.3) is 0 Å². The van der Waals surface area contributed by atoms with E-state index in [1.807, 2.05) is 0 Å². The Labute approximate surface area is 121 Å². The van der Waals surface area contributed by atoms with E-state index in [0.29, 0.717) is 0 Å². The zero-order chi connectivity index (χ0) is 14.4. The lowest BCUT2D eigenvalue weighted by Gasteiger charge is -2.43. The van der Waals surface area contributed by atoms with Crippen LogP contribution in [-0.4, -0.2) is 51.1 Å². The lowest BCUT2D eigenvalue weighted by molar-refractivity contribution is -0.156. The zero-order valence-corrected chi connectivity index (χ0v) is 12.0. The van der Waals surface area contributed by atoms with Gasteiger partial charge in [-0.15, -0.1) is 0 Å². The van der Waals surface area contributed by atoms with E-state index in [1.54, 1.807) is 6.92 Å². The maximum absolute atomic E-state index is 12.1. The molecule has 3 N–H and O–H groups in total. The van der Waals surface area contributed by atoms with Gasteiger partial charge in [-0.2, -0.15) is 0 Å². The summed E-state index contributed by atoms with van der Waals surface area (Å²) in [5, 5.41) is 22.2. The number of carboxylic acids is 1. The number of piperidine rings is 1. The number of aliphatic hydroxyl groups is 1. The molecule has 0 bridgehead atoms. The highest BCUT2D eigenvalue weighted by Gasteiger charge is 2.58. The molecule has 2 fully saturated rings. The van der Waals surface area contributed by atoms with Gasteiger partial charge >= 0.3 is 5.97 Å². The van der Waals surface area contributed by atoms with Crippen LogP contribution >= 0.6 is 11.8 Å². The molecule has 20 heavy (non-hydrogen) atoms. The summed E-state index contributed by atoms with van der Waals surface area (Å²) in [5.41, 5.74) is 0.112. The number of fused-ring (bicyclic) bond motifs is 1. The fraction of sp³-hybridized carbons (Fsp3) is 0.692. The maximum Gasteiger partial charge on any atom is 0.353 e. The number of aliphatic carboxylic acids is 1. The van der Waals surface area contributed by atoms with Gasteiger partial charge in [-0.05, 0) is 26.3 Å². The van der Waals surface area contributed by atoms with E-state index >= 15 is 0 Å². The maximum atomic E-state index is 12.1. The Morgan fingerprint density at radius 2 is 2.25 bits per heavy atom. The van der Waals surface area contributed by atoms with Gasteiger partial charge in [-0.1, -0.05) is 18.2 Å². The number of aliphatic hydroxyl groups excluding tert-OH is 1. The highest BCUT2D eigenvalue weighted by atomic mass is 32.2. The van der Waals surface area contributed by atoms with Crippen molar-refractivity contribution in [2.24, 2.45) is 5.92 Å². The topological polar surface area (TPSA) is 89.9 Å². The Kier molecular flexibility index (Phi) is 3.51. The van der Waals surface area contributed by atoms with Crippen LogP contribution in [0.3, 0.4) is 0 Å². The van der Waals surface area contributed by atoms with E-state index in [1.165, 1.54) is 16.7 Å². The number of nitrogens with zero attached hydrogens (tertiary/aromatic N) is 1. The van der Waals surface area contributed by atoms with Crippen LogP contribution in [0.5, 0.6) is 0 Å². The Bertz CT molecular complexity index is 485. The van der Waals surface area contributed by atoms with Crippen molar-refractivity contribution in [3.63, 3.8) is 0 Å². The van der Waals surface area contributed by atoms with Crippen molar-refractivity contribution < 1.29 is 19.8 Å². The standard InChI is InChI=1S/C13H18N2O4S/c1-6(16)8-11(17)15-9(13(18)19)10(20-12(8)15)7-4-2-3-5-14-7/h6-8,12,14,16H,2-5H2,1H3,(H,18,19)/t6?,7?,8?,12-/m0/s1. The number of carboxylic acid groups (broad SMARTS) is 1. The molecule has 0 radical (unpaired) electrons. The van der Waals surface area contributed by atoms with Crippen LogP contribution in [0.15, 0.2) is 10.6 Å². The first-order chi connectivity index (χ1) is 9.52. The van der Waals surface area contributed by atoms with Crippen LogP contribution in [0, 0.1) is 5.92 Å². The van der Waals surface area contributed by atoms with E-state index in [0.717, 1.165) is 30.7 Å². The lowest BCUT2D eigenvalue weighted by atomic mass is 9.92. The van der Waals surface area contributed by atoms with E-state index in [4.69, 9.17) is 0 Å². The first kappa shape index (κ1) is 13.9. The van der Waals surface area contributed by atoms with Gasteiger partial charge in [0.15, 0.2) is 0 Å². The molecule has 0 aromatic heterocycles. The molecule has 3 heterocycles. The monoisotopic (exact) mass is 298 g/mol. The van der Waals surface area contributed by atoms with Gasteiger partial charge in [0, 0.05) is 10.9 Å². The van der Waals surface area contributed by atoms with Crippen molar-refractivity contribution in [2.75, 3.05) is 6.54 Å². The molecule has 0 aliphatic carbocycles. The molecule has 0 saturated carbocycles. The molecule has 4 atom stereocenters. The second-order valence-corrected chi connectivity index (χ2v) is 6.66. The number of rotatable bonds is 3. The minimum absolute atomic E-state index is 0.0212. The molecular weight excluding hydrogens is 280 g/mol. The molecule has 0 aromatic carbocycles. The fourth-order valence-electron chi connectivity index (χ4n) is 3.13. The molecule has 3 aliphatic heterocycles. The number of carbonyl (C=O) groups is 2. The van der Waals surface area contributed by atoms with Gasteiger partial charge in [0.1, 0.15) is 11.1 Å². The van der Waals surface area contributed by atoms with Gasteiger partial charge in [0.2, 0.25) is 5.91 Å². The van der Waals surface area contributed by atoms with E-state index in [9.17, 15) is 19.8 Å².